The smallest absolute Gasteiger partial charge is 0.201 e. The summed E-state index contributed by atoms with van der Waals surface area (Å²) < 4.78 is 18.0. The molecule has 4 aromatic rings. The molecule has 6 rings (SSSR count). The van der Waals surface area contributed by atoms with Crippen molar-refractivity contribution in [2.75, 3.05) is 37.8 Å². The van der Waals surface area contributed by atoms with Gasteiger partial charge in [0, 0.05) is 29.5 Å². The number of methoxy groups -OCH3 is 2. The molecule has 2 heterocycles. The second kappa shape index (κ2) is 8.07. The SMILES string of the molecule is COc1ccc([C@@]23c4ccccc4N(C)[C@@]2(c2ccc(OC)cc2)OCN3c2ccccc2)cc1. The predicted molar refractivity (Wildman–Crippen MR) is 138 cm³/mol. The van der Waals surface area contributed by atoms with Crippen molar-refractivity contribution in [3.8, 4) is 11.5 Å². The summed E-state index contributed by atoms with van der Waals surface area (Å²) in [6.07, 6.45) is 0. The van der Waals surface area contributed by atoms with Crippen molar-refractivity contribution in [3.63, 3.8) is 0 Å². The van der Waals surface area contributed by atoms with Gasteiger partial charge in [-0.05, 0) is 48.0 Å². The Kier molecular flexibility index (Phi) is 4.97. The second-order valence-electron chi connectivity index (χ2n) is 8.92. The first-order valence-electron chi connectivity index (χ1n) is 11.8. The average Bonchev–Trinajstić information content (AvgIpc) is 3.40. The maximum atomic E-state index is 6.98. The minimum Gasteiger partial charge on any atom is -0.497 e. The molecule has 4 aromatic carbocycles. The fraction of sp³-hybridized carbons (Fsp3) is 0.200. The van der Waals surface area contributed by atoms with Crippen molar-refractivity contribution in [1.29, 1.82) is 0 Å². The standard InChI is InChI=1S/C30H28N2O3/c1-31-28-12-8-7-11-27(28)29(22-13-17-25(33-2)18-14-22)30(31,23-15-19-26(34-3)20-16-23)35-21-32(29)24-9-5-4-6-10-24/h4-20H,21H2,1-3H3/t29-,30+/m1/s1. The van der Waals surface area contributed by atoms with Crippen LogP contribution in [0.4, 0.5) is 11.4 Å². The maximum absolute atomic E-state index is 6.98. The summed E-state index contributed by atoms with van der Waals surface area (Å²) in [4.78, 5) is 4.68. The molecule has 35 heavy (non-hydrogen) atoms. The Morgan fingerprint density at radius 1 is 0.686 bits per heavy atom. The number of likely N-dealkylation sites (N-methyl/N-ethyl adjacent to an activating group) is 1. The van der Waals surface area contributed by atoms with Crippen LogP contribution in [0, 0.1) is 0 Å². The van der Waals surface area contributed by atoms with E-state index in [1.165, 1.54) is 5.56 Å². The molecule has 0 bridgehead atoms. The summed E-state index contributed by atoms with van der Waals surface area (Å²) in [6, 6.07) is 35.8. The van der Waals surface area contributed by atoms with E-state index >= 15 is 0 Å². The van der Waals surface area contributed by atoms with E-state index in [4.69, 9.17) is 14.2 Å². The number of benzene rings is 4. The summed E-state index contributed by atoms with van der Waals surface area (Å²) in [5.74, 6) is 1.64. The van der Waals surface area contributed by atoms with Gasteiger partial charge in [-0.25, -0.2) is 0 Å². The van der Waals surface area contributed by atoms with Crippen LogP contribution in [0.1, 0.15) is 16.7 Å². The Morgan fingerprint density at radius 3 is 1.89 bits per heavy atom. The highest BCUT2D eigenvalue weighted by Gasteiger charge is 2.70. The lowest BCUT2D eigenvalue weighted by atomic mass is 9.73. The van der Waals surface area contributed by atoms with Gasteiger partial charge in [-0.2, -0.15) is 0 Å². The predicted octanol–water partition coefficient (Wildman–Crippen LogP) is 5.74. The van der Waals surface area contributed by atoms with E-state index in [9.17, 15) is 0 Å². The first-order chi connectivity index (χ1) is 17.2. The molecule has 176 valence electrons. The third kappa shape index (κ3) is 2.79. The van der Waals surface area contributed by atoms with E-state index in [0.29, 0.717) is 6.73 Å². The van der Waals surface area contributed by atoms with E-state index in [2.05, 4.69) is 89.6 Å². The van der Waals surface area contributed by atoms with Crippen LogP contribution in [-0.4, -0.2) is 28.0 Å². The first kappa shape index (κ1) is 21.6. The van der Waals surface area contributed by atoms with Crippen molar-refractivity contribution in [2.24, 2.45) is 0 Å². The van der Waals surface area contributed by atoms with Gasteiger partial charge in [0.15, 0.2) is 0 Å². The fourth-order valence-corrected chi connectivity index (χ4v) is 5.97. The third-order valence-corrected chi connectivity index (χ3v) is 7.48. The highest BCUT2D eigenvalue weighted by Crippen LogP contribution is 2.65. The molecule has 1 saturated heterocycles. The van der Waals surface area contributed by atoms with Gasteiger partial charge in [0.05, 0.1) is 14.2 Å². The fourth-order valence-electron chi connectivity index (χ4n) is 5.97. The third-order valence-electron chi connectivity index (χ3n) is 7.48. The maximum Gasteiger partial charge on any atom is 0.201 e. The Balaban J connectivity index is 1.71. The van der Waals surface area contributed by atoms with Crippen molar-refractivity contribution in [1.82, 2.24) is 0 Å². The highest BCUT2D eigenvalue weighted by atomic mass is 16.5. The molecule has 5 heteroatoms. The number of para-hydroxylation sites is 2. The zero-order valence-electron chi connectivity index (χ0n) is 20.1. The molecule has 0 amide bonds. The Labute approximate surface area is 206 Å². The van der Waals surface area contributed by atoms with Crippen LogP contribution in [0.25, 0.3) is 0 Å². The van der Waals surface area contributed by atoms with Crippen molar-refractivity contribution in [2.45, 2.75) is 11.3 Å². The molecular formula is C30H28N2O3. The average molecular weight is 465 g/mol. The highest BCUT2D eigenvalue weighted by molar-refractivity contribution is 5.76. The summed E-state index contributed by atoms with van der Waals surface area (Å²) >= 11 is 0. The Hall–Kier alpha value is -3.96. The second-order valence-corrected chi connectivity index (χ2v) is 8.92. The molecule has 1 fully saturated rings. The van der Waals surface area contributed by atoms with Gasteiger partial charge in [0.25, 0.3) is 0 Å². The van der Waals surface area contributed by atoms with Gasteiger partial charge in [-0.15, -0.1) is 0 Å². The first-order valence-corrected chi connectivity index (χ1v) is 11.8. The molecule has 0 aromatic heterocycles. The summed E-state index contributed by atoms with van der Waals surface area (Å²) in [5.41, 5.74) is 4.17. The Morgan fingerprint density at radius 2 is 1.26 bits per heavy atom. The number of anilines is 2. The number of hydrogen-bond acceptors (Lipinski definition) is 5. The molecule has 0 radical (unpaired) electrons. The quantitative estimate of drug-likeness (QED) is 0.376. The molecular weight excluding hydrogens is 436 g/mol. The molecule has 5 nitrogen and oxygen atoms in total. The number of hydrogen-bond donors (Lipinski definition) is 0. The van der Waals surface area contributed by atoms with Crippen LogP contribution < -0.4 is 19.3 Å². The monoisotopic (exact) mass is 464 g/mol. The van der Waals surface area contributed by atoms with E-state index in [1.54, 1.807) is 14.2 Å². The summed E-state index contributed by atoms with van der Waals surface area (Å²) in [7, 11) is 5.51. The van der Waals surface area contributed by atoms with Gasteiger partial charge in [-0.1, -0.05) is 60.7 Å². The molecule has 0 aliphatic carbocycles. The van der Waals surface area contributed by atoms with Crippen LogP contribution >= 0.6 is 0 Å². The van der Waals surface area contributed by atoms with Crippen molar-refractivity contribution >= 4 is 11.4 Å². The number of rotatable bonds is 5. The van der Waals surface area contributed by atoms with Gasteiger partial charge < -0.3 is 24.0 Å². The lowest BCUT2D eigenvalue weighted by molar-refractivity contribution is -0.0201. The lowest BCUT2D eigenvalue weighted by Crippen LogP contribution is -2.57. The minimum atomic E-state index is -0.812. The largest absolute Gasteiger partial charge is 0.497 e. The van der Waals surface area contributed by atoms with E-state index in [-0.39, 0.29) is 0 Å². The molecule has 2 aliphatic rings. The van der Waals surface area contributed by atoms with Crippen LogP contribution in [0.5, 0.6) is 11.5 Å². The minimum absolute atomic E-state index is 0.431. The zero-order chi connectivity index (χ0) is 24.0. The van der Waals surface area contributed by atoms with E-state index in [1.807, 2.05) is 30.3 Å². The van der Waals surface area contributed by atoms with E-state index < -0.39 is 11.3 Å². The molecule has 0 spiro atoms. The molecule has 2 atom stereocenters. The van der Waals surface area contributed by atoms with Crippen molar-refractivity contribution < 1.29 is 14.2 Å². The normalized spacial score (nSPS) is 22.6. The van der Waals surface area contributed by atoms with Crippen LogP contribution in [0.3, 0.4) is 0 Å². The lowest BCUT2D eigenvalue weighted by Gasteiger charge is -2.47. The molecule has 0 N–H and O–H groups in total. The van der Waals surface area contributed by atoms with E-state index in [0.717, 1.165) is 34.0 Å². The van der Waals surface area contributed by atoms with Crippen LogP contribution in [0.2, 0.25) is 0 Å². The zero-order valence-corrected chi connectivity index (χ0v) is 20.1. The van der Waals surface area contributed by atoms with Gasteiger partial charge >= 0.3 is 0 Å². The van der Waals surface area contributed by atoms with Gasteiger partial charge in [0.2, 0.25) is 5.72 Å². The van der Waals surface area contributed by atoms with Crippen LogP contribution in [-0.2, 0) is 16.0 Å². The molecule has 0 unspecified atom stereocenters. The number of fused-ring (bicyclic) bond motifs is 3. The number of nitrogens with zero attached hydrogens (tertiary/aromatic N) is 2. The van der Waals surface area contributed by atoms with Gasteiger partial charge in [0.1, 0.15) is 23.8 Å². The summed E-state index contributed by atoms with van der Waals surface area (Å²) in [5, 5.41) is 0. The Bertz CT molecular complexity index is 1340. The summed E-state index contributed by atoms with van der Waals surface area (Å²) in [6.45, 7) is 0.431. The molecule has 2 aliphatic heterocycles. The molecule has 0 saturated carbocycles. The topological polar surface area (TPSA) is 34.2 Å². The van der Waals surface area contributed by atoms with Gasteiger partial charge in [-0.3, -0.25) is 0 Å². The van der Waals surface area contributed by atoms with Crippen molar-refractivity contribution in [3.05, 3.63) is 120 Å². The van der Waals surface area contributed by atoms with Crippen LogP contribution in [0.15, 0.2) is 103 Å². The number of ether oxygens (including phenoxy) is 3.